The first-order chi connectivity index (χ1) is 13.4. The van der Waals surface area contributed by atoms with Crippen molar-refractivity contribution in [3.8, 4) is 0 Å². The summed E-state index contributed by atoms with van der Waals surface area (Å²) in [5.41, 5.74) is 2.03. The third-order valence-electron chi connectivity index (χ3n) is 5.17. The number of aromatic nitrogens is 2. The molecule has 148 valence electrons. The van der Waals surface area contributed by atoms with Gasteiger partial charge >= 0.3 is 5.97 Å². The minimum atomic E-state index is -0.427. The minimum Gasteiger partial charge on any atom is -0.465 e. The number of halogens is 1. The van der Waals surface area contributed by atoms with Gasteiger partial charge < -0.3 is 15.0 Å². The van der Waals surface area contributed by atoms with Crippen LogP contribution < -0.4 is 10.2 Å². The van der Waals surface area contributed by atoms with Crippen LogP contribution in [0.5, 0.6) is 0 Å². The van der Waals surface area contributed by atoms with E-state index in [4.69, 9.17) is 16.3 Å². The number of hydrogen-bond donors (Lipinski definition) is 1. The lowest BCUT2D eigenvalue weighted by molar-refractivity contribution is -0.117. The number of nitrogens with one attached hydrogen (secondary N) is 1. The number of hydrogen-bond acceptors (Lipinski definition) is 6. The number of esters is 1. The van der Waals surface area contributed by atoms with Gasteiger partial charge in [-0.2, -0.15) is 0 Å². The number of ether oxygens (including phenoxy) is 1. The van der Waals surface area contributed by atoms with Gasteiger partial charge in [0.2, 0.25) is 11.9 Å². The fourth-order valence-corrected chi connectivity index (χ4v) is 3.98. The van der Waals surface area contributed by atoms with E-state index in [1.165, 1.54) is 19.5 Å². The fourth-order valence-electron chi connectivity index (χ4n) is 3.88. The van der Waals surface area contributed by atoms with Crippen molar-refractivity contribution in [2.75, 3.05) is 17.3 Å². The number of anilines is 2. The van der Waals surface area contributed by atoms with Crippen molar-refractivity contribution in [3.05, 3.63) is 46.7 Å². The summed E-state index contributed by atoms with van der Waals surface area (Å²) >= 11 is 5.89. The SMILES string of the molecule is CCC1[C@@H](C)C(Nc2ncc(Cl)cn2)c2cc(C(=O)OC)ccc2N1C(C)=O. The minimum absolute atomic E-state index is 0.00113. The molecule has 1 amide bonds. The lowest BCUT2D eigenvalue weighted by Crippen LogP contribution is -2.49. The van der Waals surface area contributed by atoms with Gasteiger partial charge in [0.25, 0.3) is 0 Å². The van der Waals surface area contributed by atoms with Crippen molar-refractivity contribution in [1.29, 1.82) is 0 Å². The molecule has 2 heterocycles. The van der Waals surface area contributed by atoms with E-state index in [1.54, 1.807) is 25.1 Å². The molecule has 2 unspecified atom stereocenters. The van der Waals surface area contributed by atoms with Gasteiger partial charge in [0.05, 0.1) is 36.1 Å². The van der Waals surface area contributed by atoms with Crippen LogP contribution in [-0.4, -0.2) is 35.0 Å². The average molecular weight is 403 g/mol. The van der Waals surface area contributed by atoms with Crippen LogP contribution in [0, 0.1) is 5.92 Å². The molecule has 0 bridgehead atoms. The molecule has 0 aliphatic carbocycles. The molecule has 2 aromatic rings. The molecule has 1 aliphatic rings. The summed E-state index contributed by atoms with van der Waals surface area (Å²) in [6.45, 7) is 5.69. The lowest BCUT2D eigenvalue weighted by Gasteiger charge is -2.45. The van der Waals surface area contributed by atoms with Gasteiger partial charge in [-0.15, -0.1) is 0 Å². The Morgan fingerprint density at radius 1 is 1.29 bits per heavy atom. The molecule has 1 N–H and O–H groups in total. The highest BCUT2D eigenvalue weighted by Gasteiger charge is 2.40. The average Bonchev–Trinajstić information content (AvgIpc) is 2.69. The summed E-state index contributed by atoms with van der Waals surface area (Å²) < 4.78 is 4.86. The Balaban J connectivity index is 2.12. The molecule has 0 radical (unpaired) electrons. The van der Waals surface area contributed by atoms with E-state index in [0.29, 0.717) is 16.5 Å². The molecule has 1 aromatic carbocycles. The molecule has 1 aromatic heterocycles. The number of methoxy groups -OCH3 is 1. The summed E-state index contributed by atoms with van der Waals surface area (Å²) in [5, 5.41) is 3.80. The molecular weight excluding hydrogens is 380 g/mol. The summed E-state index contributed by atoms with van der Waals surface area (Å²) in [6.07, 6.45) is 3.84. The number of rotatable bonds is 4. The van der Waals surface area contributed by atoms with Crippen LogP contribution in [0.2, 0.25) is 5.02 Å². The molecule has 0 saturated heterocycles. The zero-order chi connectivity index (χ0) is 20.4. The lowest BCUT2D eigenvalue weighted by atomic mass is 9.80. The van der Waals surface area contributed by atoms with Crippen LogP contribution in [-0.2, 0) is 9.53 Å². The monoisotopic (exact) mass is 402 g/mol. The molecule has 3 atom stereocenters. The highest BCUT2D eigenvalue weighted by Crippen LogP contribution is 2.43. The Labute approximate surface area is 169 Å². The maximum atomic E-state index is 12.4. The molecule has 0 spiro atoms. The van der Waals surface area contributed by atoms with Gasteiger partial charge in [-0.25, -0.2) is 14.8 Å². The maximum absolute atomic E-state index is 12.4. The van der Waals surface area contributed by atoms with Crippen molar-refractivity contribution in [1.82, 2.24) is 9.97 Å². The van der Waals surface area contributed by atoms with Gasteiger partial charge in [-0.05, 0) is 30.2 Å². The van der Waals surface area contributed by atoms with Gasteiger partial charge in [0.15, 0.2) is 0 Å². The second-order valence-electron chi connectivity index (χ2n) is 6.84. The van der Waals surface area contributed by atoms with E-state index in [0.717, 1.165) is 17.7 Å². The number of carbonyl (C=O) groups excluding carboxylic acids is 2. The second kappa shape index (κ2) is 8.14. The van der Waals surface area contributed by atoms with E-state index in [1.807, 2.05) is 4.90 Å². The van der Waals surface area contributed by atoms with Crippen LogP contribution in [0.3, 0.4) is 0 Å². The summed E-state index contributed by atoms with van der Waals surface area (Å²) in [6, 6.07) is 5.06. The molecule has 0 saturated carbocycles. The van der Waals surface area contributed by atoms with Gasteiger partial charge in [-0.1, -0.05) is 25.4 Å². The number of nitrogens with zero attached hydrogens (tertiary/aromatic N) is 3. The van der Waals surface area contributed by atoms with E-state index in [2.05, 4.69) is 29.1 Å². The third kappa shape index (κ3) is 3.67. The Morgan fingerprint density at radius 3 is 2.54 bits per heavy atom. The first kappa shape index (κ1) is 20.1. The molecule has 3 rings (SSSR count). The van der Waals surface area contributed by atoms with E-state index >= 15 is 0 Å². The Morgan fingerprint density at radius 2 is 1.96 bits per heavy atom. The summed E-state index contributed by atoms with van der Waals surface area (Å²) in [5.74, 6) is 0.0197. The van der Waals surface area contributed by atoms with Crippen LogP contribution in [0.15, 0.2) is 30.6 Å². The van der Waals surface area contributed by atoms with Crippen molar-refractivity contribution < 1.29 is 14.3 Å². The zero-order valence-corrected chi connectivity index (χ0v) is 17.0. The fraction of sp³-hybridized carbons (Fsp3) is 0.400. The van der Waals surface area contributed by atoms with Crippen LogP contribution >= 0.6 is 11.6 Å². The molecule has 8 heteroatoms. The molecule has 7 nitrogen and oxygen atoms in total. The Kier molecular flexibility index (Phi) is 5.84. The van der Waals surface area contributed by atoms with Crippen molar-refractivity contribution >= 4 is 35.1 Å². The van der Waals surface area contributed by atoms with E-state index in [9.17, 15) is 9.59 Å². The quantitative estimate of drug-likeness (QED) is 0.782. The predicted octanol–water partition coefficient (Wildman–Crippen LogP) is 3.85. The van der Waals surface area contributed by atoms with E-state index < -0.39 is 5.97 Å². The van der Waals surface area contributed by atoms with Crippen LogP contribution in [0.4, 0.5) is 11.6 Å². The van der Waals surface area contributed by atoms with Crippen LogP contribution in [0.1, 0.15) is 49.2 Å². The van der Waals surface area contributed by atoms with Crippen molar-refractivity contribution in [2.45, 2.75) is 39.3 Å². The molecule has 28 heavy (non-hydrogen) atoms. The zero-order valence-electron chi connectivity index (χ0n) is 16.3. The first-order valence-corrected chi connectivity index (χ1v) is 9.51. The standard InChI is InChI=1S/C20H23ClN4O3/c1-5-16-11(2)18(24-20-22-9-14(21)10-23-20)15-8-13(19(27)28-4)6-7-17(15)25(16)12(3)26/h6-11,16,18H,5H2,1-4H3,(H,22,23,24)/t11-,16?,18?/m1/s1. The Bertz CT molecular complexity index is 888. The predicted molar refractivity (Wildman–Crippen MR) is 108 cm³/mol. The molecule has 1 aliphatic heterocycles. The maximum Gasteiger partial charge on any atom is 0.337 e. The van der Waals surface area contributed by atoms with E-state index in [-0.39, 0.29) is 23.9 Å². The molecular formula is C20H23ClN4O3. The second-order valence-corrected chi connectivity index (χ2v) is 7.27. The number of benzene rings is 1. The largest absolute Gasteiger partial charge is 0.465 e. The van der Waals surface area contributed by atoms with Gasteiger partial charge in [0, 0.05) is 24.6 Å². The van der Waals surface area contributed by atoms with Crippen molar-refractivity contribution in [2.24, 2.45) is 5.92 Å². The highest BCUT2D eigenvalue weighted by molar-refractivity contribution is 6.30. The first-order valence-electron chi connectivity index (χ1n) is 9.13. The normalized spacial score (nSPS) is 21.0. The summed E-state index contributed by atoms with van der Waals surface area (Å²) in [4.78, 5) is 34.8. The number of amides is 1. The summed E-state index contributed by atoms with van der Waals surface area (Å²) in [7, 11) is 1.34. The highest BCUT2D eigenvalue weighted by atomic mass is 35.5. The topological polar surface area (TPSA) is 84.4 Å². The number of fused-ring (bicyclic) bond motifs is 1. The smallest absolute Gasteiger partial charge is 0.337 e. The van der Waals surface area contributed by atoms with Gasteiger partial charge in [0.1, 0.15) is 0 Å². The third-order valence-corrected chi connectivity index (χ3v) is 5.37. The van der Waals surface area contributed by atoms with Gasteiger partial charge in [-0.3, -0.25) is 4.79 Å². The molecule has 0 fully saturated rings. The van der Waals surface area contributed by atoms with Crippen LogP contribution in [0.25, 0.3) is 0 Å². The number of carbonyl (C=O) groups is 2. The Hall–Kier alpha value is -2.67. The van der Waals surface area contributed by atoms with Crippen molar-refractivity contribution in [3.63, 3.8) is 0 Å².